The zero-order chi connectivity index (χ0) is 22.8. The lowest BCUT2D eigenvalue weighted by Crippen LogP contribution is -2.12. The Bertz CT molecular complexity index is 1440. The molecule has 1 aromatic carbocycles. The van der Waals surface area contributed by atoms with Gasteiger partial charge >= 0.3 is 0 Å². The summed E-state index contributed by atoms with van der Waals surface area (Å²) in [5.41, 5.74) is 9.86. The van der Waals surface area contributed by atoms with E-state index >= 15 is 0 Å². The number of benzene rings is 1. The molecule has 0 aliphatic heterocycles. The van der Waals surface area contributed by atoms with Crippen LogP contribution in [0.25, 0.3) is 16.8 Å². The summed E-state index contributed by atoms with van der Waals surface area (Å²) in [5, 5.41) is 11.2. The number of amides is 1. The summed E-state index contributed by atoms with van der Waals surface area (Å²) in [6, 6.07) is 15.4. The molecule has 0 bridgehead atoms. The average molecular weight is 440 g/mol. The van der Waals surface area contributed by atoms with Gasteiger partial charge < -0.3 is 15.8 Å². The number of nitrogens with zero attached hydrogens (tertiary/aromatic N) is 6. The maximum Gasteiger partial charge on any atom is 0.258 e. The SMILES string of the molecule is COc1ncc(-c2ccn3nc(N)nc3c2)cc1NC(=O)c1cnn(Cc2ccccc2)c1. The molecule has 0 spiro atoms. The Morgan fingerprint density at radius 2 is 1.97 bits per heavy atom. The second-order valence-electron chi connectivity index (χ2n) is 7.34. The van der Waals surface area contributed by atoms with E-state index in [0.29, 0.717) is 29.3 Å². The second kappa shape index (κ2) is 8.42. The molecule has 3 N–H and O–H groups in total. The first-order chi connectivity index (χ1) is 16.1. The molecule has 0 saturated carbocycles. The minimum atomic E-state index is -0.313. The van der Waals surface area contributed by atoms with Crippen molar-refractivity contribution in [3.8, 4) is 17.0 Å². The molecular formula is C23H20N8O2. The first-order valence-electron chi connectivity index (χ1n) is 10.1. The highest BCUT2D eigenvalue weighted by molar-refractivity contribution is 6.04. The lowest BCUT2D eigenvalue weighted by molar-refractivity contribution is 0.102. The maximum atomic E-state index is 12.9. The number of carbonyl (C=O) groups is 1. The van der Waals surface area contributed by atoms with Gasteiger partial charge in [0.1, 0.15) is 5.69 Å². The van der Waals surface area contributed by atoms with Crippen molar-refractivity contribution in [1.82, 2.24) is 29.4 Å². The first-order valence-corrected chi connectivity index (χ1v) is 10.1. The fourth-order valence-corrected chi connectivity index (χ4v) is 3.47. The number of hydrogen-bond donors (Lipinski definition) is 2. The zero-order valence-electron chi connectivity index (χ0n) is 17.7. The molecule has 33 heavy (non-hydrogen) atoms. The molecule has 5 rings (SSSR count). The lowest BCUT2D eigenvalue weighted by atomic mass is 10.1. The van der Waals surface area contributed by atoms with Gasteiger partial charge in [0.05, 0.1) is 25.4 Å². The minimum Gasteiger partial charge on any atom is -0.480 e. The normalized spacial score (nSPS) is 10.9. The van der Waals surface area contributed by atoms with Crippen molar-refractivity contribution in [2.45, 2.75) is 6.54 Å². The van der Waals surface area contributed by atoms with Crippen molar-refractivity contribution in [2.24, 2.45) is 0 Å². The fraction of sp³-hybridized carbons (Fsp3) is 0.0870. The van der Waals surface area contributed by atoms with Crippen LogP contribution < -0.4 is 15.8 Å². The number of aromatic nitrogens is 6. The van der Waals surface area contributed by atoms with Crippen LogP contribution in [-0.2, 0) is 6.54 Å². The largest absolute Gasteiger partial charge is 0.480 e. The van der Waals surface area contributed by atoms with Crippen LogP contribution in [0.5, 0.6) is 5.88 Å². The number of fused-ring (bicyclic) bond motifs is 1. The summed E-state index contributed by atoms with van der Waals surface area (Å²) in [7, 11) is 1.50. The number of anilines is 2. The number of nitrogens with two attached hydrogens (primary N) is 1. The standard InChI is InChI=1S/C23H20N8O2/c1-33-22-19(9-17(11-25-22)16-7-8-31-20(10-16)28-23(24)29-31)27-21(32)18-12-26-30(14-18)13-15-5-3-2-4-6-15/h2-12,14H,13H2,1H3,(H2,24,29)(H,27,32). The predicted molar refractivity (Wildman–Crippen MR) is 123 cm³/mol. The second-order valence-corrected chi connectivity index (χ2v) is 7.34. The van der Waals surface area contributed by atoms with Crippen LogP contribution >= 0.6 is 0 Å². The predicted octanol–water partition coefficient (Wildman–Crippen LogP) is 2.88. The Balaban J connectivity index is 1.38. The van der Waals surface area contributed by atoms with Gasteiger partial charge in [0, 0.05) is 24.2 Å². The van der Waals surface area contributed by atoms with Crippen molar-refractivity contribution in [3.05, 3.63) is 84.4 Å². The summed E-state index contributed by atoms with van der Waals surface area (Å²) in [6.07, 6.45) is 6.66. The highest BCUT2D eigenvalue weighted by Crippen LogP contribution is 2.29. The topological polar surface area (TPSA) is 125 Å². The molecular weight excluding hydrogens is 420 g/mol. The Morgan fingerprint density at radius 1 is 1.12 bits per heavy atom. The van der Waals surface area contributed by atoms with Gasteiger partial charge in [-0.3, -0.25) is 9.48 Å². The van der Waals surface area contributed by atoms with E-state index in [-0.39, 0.29) is 11.9 Å². The van der Waals surface area contributed by atoms with Crippen LogP contribution in [0.4, 0.5) is 11.6 Å². The number of rotatable bonds is 6. The molecule has 10 nitrogen and oxygen atoms in total. The Labute approximate surface area is 188 Å². The average Bonchev–Trinajstić information content (AvgIpc) is 3.44. The maximum absolute atomic E-state index is 12.9. The van der Waals surface area contributed by atoms with E-state index in [4.69, 9.17) is 10.5 Å². The fourth-order valence-electron chi connectivity index (χ4n) is 3.47. The molecule has 0 aliphatic carbocycles. The smallest absolute Gasteiger partial charge is 0.258 e. The molecule has 0 aliphatic rings. The van der Waals surface area contributed by atoms with Crippen LogP contribution in [0, 0.1) is 0 Å². The number of nitrogens with one attached hydrogen (secondary N) is 1. The third kappa shape index (κ3) is 4.22. The van der Waals surface area contributed by atoms with Crippen LogP contribution in [0.1, 0.15) is 15.9 Å². The number of methoxy groups -OCH3 is 1. The van der Waals surface area contributed by atoms with Crippen molar-refractivity contribution in [1.29, 1.82) is 0 Å². The minimum absolute atomic E-state index is 0.195. The Kier molecular flexibility index (Phi) is 5.15. The summed E-state index contributed by atoms with van der Waals surface area (Å²) >= 11 is 0. The molecule has 4 aromatic heterocycles. The number of hydrogen-bond acceptors (Lipinski definition) is 7. The molecule has 0 saturated heterocycles. The van der Waals surface area contributed by atoms with Gasteiger partial charge in [0.25, 0.3) is 5.91 Å². The van der Waals surface area contributed by atoms with Gasteiger partial charge in [0.15, 0.2) is 5.65 Å². The molecule has 4 heterocycles. The molecule has 0 atom stereocenters. The van der Waals surface area contributed by atoms with E-state index < -0.39 is 0 Å². The van der Waals surface area contributed by atoms with E-state index in [1.807, 2.05) is 42.5 Å². The zero-order valence-corrected chi connectivity index (χ0v) is 17.7. The van der Waals surface area contributed by atoms with Gasteiger partial charge in [-0.1, -0.05) is 30.3 Å². The van der Waals surface area contributed by atoms with E-state index in [2.05, 4.69) is 25.5 Å². The molecule has 0 fully saturated rings. The summed E-state index contributed by atoms with van der Waals surface area (Å²) in [6.45, 7) is 0.574. The Hall–Kier alpha value is -4.73. The Morgan fingerprint density at radius 3 is 2.79 bits per heavy atom. The number of nitrogen functional groups attached to an aromatic ring is 1. The highest BCUT2D eigenvalue weighted by Gasteiger charge is 2.15. The lowest BCUT2D eigenvalue weighted by Gasteiger charge is -2.11. The summed E-state index contributed by atoms with van der Waals surface area (Å²) in [5.74, 6) is 0.185. The van der Waals surface area contributed by atoms with Crippen LogP contribution in [-0.4, -0.2) is 42.4 Å². The molecule has 0 radical (unpaired) electrons. The van der Waals surface area contributed by atoms with Crippen molar-refractivity contribution < 1.29 is 9.53 Å². The number of carbonyl (C=O) groups excluding carboxylic acids is 1. The van der Waals surface area contributed by atoms with Crippen molar-refractivity contribution in [3.63, 3.8) is 0 Å². The monoisotopic (exact) mass is 440 g/mol. The molecule has 164 valence electrons. The van der Waals surface area contributed by atoms with Crippen LogP contribution in [0.15, 0.2) is 73.3 Å². The third-order valence-corrected chi connectivity index (χ3v) is 5.06. The third-order valence-electron chi connectivity index (χ3n) is 5.06. The first kappa shape index (κ1) is 20.2. The van der Waals surface area contributed by atoms with Gasteiger partial charge in [-0.05, 0) is 29.3 Å². The van der Waals surface area contributed by atoms with Crippen molar-refractivity contribution in [2.75, 3.05) is 18.2 Å². The number of ether oxygens (including phenoxy) is 1. The number of pyridine rings is 2. The molecule has 1 amide bonds. The van der Waals surface area contributed by atoms with Crippen LogP contribution in [0.2, 0.25) is 0 Å². The van der Waals surface area contributed by atoms with Crippen LogP contribution in [0.3, 0.4) is 0 Å². The van der Waals surface area contributed by atoms with Gasteiger partial charge in [-0.25, -0.2) is 9.50 Å². The molecule has 0 unspecified atom stereocenters. The summed E-state index contributed by atoms with van der Waals surface area (Å²) in [4.78, 5) is 21.4. The molecule has 5 aromatic rings. The molecule has 10 heteroatoms. The van der Waals surface area contributed by atoms with Gasteiger partial charge in [-0.15, -0.1) is 5.10 Å². The highest BCUT2D eigenvalue weighted by atomic mass is 16.5. The van der Waals surface area contributed by atoms with Gasteiger partial charge in [0.2, 0.25) is 11.8 Å². The van der Waals surface area contributed by atoms with E-state index in [1.165, 1.54) is 13.3 Å². The van der Waals surface area contributed by atoms with Crippen molar-refractivity contribution >= 4 is 23.2 Å². The quantitative estimate of drug-likeness (QED) is 0.416. The van der Waals surface area contributed by atoms with Gasteiger partial charge in [-0.2, -0.15) is 10.1 Å². The van der Waals surface area contributed by atoms with E-state index in [9.17, 15) is 4.79 Å². The summed E-state index contributed by atoms with van der Waals surface area (Å²) < 4.78 is 8.65. The van der Waals surface area contributed by atoms with E-state index in [1.54, 1.807) is 33.9 Å². The van der Waals surface area contributed by atoms with E-state index in [0.717, 1.165) is 16.7 Å².